The highest BCUT2D eigenvalue weighted by molar-refractivity contribution is 5.38. The quantitative estimate of drug-likeness (QED) is 0.694. The molecule has 0 aliphatic carbocycles. The molecular formula is C15H26N2O2. The summed E-state index contributed by atoms with van der Waals surface area (Å²) in [6, 6.07) is 6.00. The van der Waals surface area contributed by atoms with Gasteiger partial charge in [0.25, 0.3) is 0 Å². The molecule has 4 heteroatoms. The van der Waals surface area contributed by atoms with Gasteiger partial charge in [0.15, 0.2) is 0 Å². The first-order valence-electron chi connectivity index (χ1n) is 6.80. The van der Waals surface area contributed by atoms with Gasteiger partial charge in [0.2, 0.25) is 0 Å². The van der Waals surface area contributed by atoms with Crippen LogP contribution in [0.4, 0.5) is 0 Å². The lowest BCUT2D eigenvalue weighted by Gasteiger charge is -2.18. The number of benzene rings is 1. The van der Waals surface area contributed by atoms with Crippen molar-refractivity contribution < 1.29 is 9.47 Å². The number of likely N-dealkylation sites (N-methyl/N-ethyl adjacent to an activating group) is 1. The van der Waals surface area contributed by atoms with Crippen molar-refractivity contribution in [3.8, 4) is 11.5 Å². The molecule has 108 valence electrons. The summed E-state index contributed by atoms with van der Waals surface area (Å²) in [7, 11) is 5.48. The minimum absolute atomic E-state index is 0.840. The summed E-state index contributed by atoms with van der Waals surface area (Å²) >= 11 is 0. The first kappa shape index (κ1) is 15.8. The van der Waals surface area contributed by atoms with E-state index < -0.39 is 0 Å². The van der Waals surface area contributed by atoms with Gasteiger partial charge in [-0.3, -0.25) is 0 Å². The van der Waals surface area contributed by atoms with Crippen LogP contribution in [0.5, 0.6) is 11.5 Å². The maximum atomic E-state index is 5.28. The molecule has 1 aromatic carbocycles. The largest absolute Gasteiger partial charge is 0.497 e. The molecule has 1 aromatic rings. The molecule has 0 fully saturated rings. The molecule has 1 rings (SSSR count). The van der Waals surface area contributed by atoms with E-state index in [1.54, 1.807) is 14.2 Å². The summed E-state index contributed by atoms with van der Waals surface area (Å²) in [5, 5.41) is 3.41. The molecule has 19 heavy (non-hydrogen) atoms. The zero-order valence-corrected chi connectivity index (χ0v) is 12.5. The van der Waals surface area contributed by atoms with E-state index in [1.165, 1.54) is 12.0 Å². The van der Waals surface area contributed by atoms with Crippen LogP contribution in [0, 0.1) is 0 Å². The maximum absolute atomic E-state index is 5.28. The molecule has 0 aromatic heterocycles. The lowest BCUT2D eigenvalue weighted by atomic mass is 10.2. The zero-order valence-electron chi connectivity index (χ0n) is 12.5. The molecule has 0 heterocycles. The van der Waals surface area contributed by atoms with Crippen LogP contribution in [0.2, 0.25) is 0 Å². The predicted molar refractivity (Wildman–Crippen MR) is 79.0 cm³/mol. The summed E-state index contributed by atoms with van der Waals surface area (Å²) in [4.78, 5) is 2.29. The van der Waals surface area contributed by atoms with E-state index in [2.05, 4.69) is 36.3 Å². The van der Waals surface area contributed by atoms with Crippen LogP contribution in [-0.4, -0.2) is 45.8 Å². The SMILES string of the molecule is CCCNCCN(C)Cc1cc(OC)cc(OC)c1. The number of hydrogen-bond donors (Lipinski definition) is 1. The van der Waals surface area contributed by atoms with Gasteiger partial charge in [0.05, 0.1) is 14.2 Å². The number of methoxy groups -OCH3 is 2. The zero-order chi connectivity index (χ0) is 14.1. The van der Waals surface area contributed by atoms with Gasteiger partial charge in [0.1, 0.15) is 11.5 Å². The molecule has 0 aliphatic heterocycles. The molecule has 0 saturated carbocycles. The third-order valence-corrected chi connectivity index (χ3v) is 2.96. The van der Waals surface area contributed by atoms with Crippen molar-refractivity contribution in [2.75, 3.05) is 40.9 Å². The monoisotopic (exact) mass is 266 g/mol. The standard InChI is InChI=1S/C15H26N2O2/c1-5-6-16-7-8-17(2)12-13-9-14(18-3)11-15(10-13)19-4/h9-11,16H,5-8,12H2,1-4H3. The molecular weight excluding hydrogens is 240 g/mol. The van der Waals surface area contributed by atoms with Gasteiger partial charge in [0, 0.05) is 25.7 Å². The van der Waals surface area contributed by atoms with Crippen molar-refractivity contribution in [3.63, 3.8) is 0 Å². The smallest absolute Gasteiger partial charge is 0.122 e. The Hall–Kier alpha value is -1.26. The molecule has 0 spiro atoms. The second-order valence-corrected chi connectivity index (χ2v) is 4.71. The third kappa shape index (κ3) is 5.94. The van der Waals surface area contributed by atoms with Gasteiger partial charge in [-0.1, -0.05) is 6.92 Å². The van der Waals surface area contributed by atoms with Crippen LogP contribution in [0.3, 0.4) is 0 Å². The number of ether oxygens (including phenoxy) is 2. The summed E-state index contributed by atoms with van der Waals surface area (Å²) in [5.74, 6) is 1.68. The Labute approximate surface area is 116 Å². The molecule has 0 saturated heterocycles. The van der Waals surface area contributed by atoms with Crippen LogP contribution in [-0.2, 0) is 6.54 Å². The minimum atomic E-state index is 0.840. The molecule has 0 aliphatic rings. The Morgan fingerprint density at radius 3 is 2.21 bits per heavy atom. The van der Waals surface area contributed by atoms with Gasteiger partial charge in [-0.2, -0.15) is 0 Å². The lowest BCUT2D eigenvalue weighted by molar-refractivity contribution is 0.322. The van der Waals surface area contributed by atoms with Gasteiger partial charge < -0.3 is 19.7 Å². The molecule has 0 amide bonds. The topological polar surface area (TPSA) is 33.7 Å². The van der Waals surface area contributed by atoms with Crippen LogP contribution in [0.1, 0.15) is 18.9 Å². The Kier molecular flexibility index (Phi) is 7.30. The van der Waals surface area contributed by atoms with E-state index in [0.29, 0.717) is 0 Å². The Morgan fingerprint density at radius 2 is 1.68 bits per heavy atom. The normalized spacial score (nSPS) is 10.8. The van der Waals surface area contributed by atoms with Crippen LogP contribution < -0.4 is 14.8 Å². The van der Waals surface area contributed by atoms with Crippen LogP contribution >= 0.6 is 0 Å². The number of rotatable bonds is 9. The Bertz CT molecular complexity index is 347. The first-order chi connectivity index (χ1) is 9.19. The van der Waals surface area contributed by atoms with Gasteiger partial charge >= 0.3 is 0 Å². The van der Waals surface area contributed by atoms with E-state index in [-0.39, 0.29) is 0 Å². The van der Waals surface area contributed by atoms with E-state index >= 15 is 0 Å². The van der Waals surface area contributed by atoms with E-state index in [4.69, 9.17) is 9.47 Å². The summed E-state index contributed by atoms with van der Waals surface area (Å²) < 4.78 is 10.6. The fourth-order valence-electron chi connectivity index (χ4n) is 1.92. The number of nitrogens with one attached hydrogen (secondary N) is 1. The third-order valence-electron chi connectivity index (χ3n) is 2.96. The number of hydrogen-bond acceptors (Lipinski definition) is 4. The molecule has 0 unspecified atom stereocenters. The molecule has 1 N–H and O–H groups in total. The highest BCUT2D eigenvalue weighted by Crippen LogP contribution is 2.23. The van der Waals surface area contributed by atoms with E-state index in [1.807, 2.05) is 6.07 Å². The molecule has 0 radical (unpaired) electrons. The second kappa shape index (κ2) is 8.77. The lowest BCUT2D eigenvalue weighted by Crippen LogP contribution is -2.29. The van der Waals surface area contributed by atoms with Crippen molar-refractivity contribution in [2.24, 2.45) is 0 Å². The second-order valence-electron chi connectivity index (χ2n) is 4.71. The molecule has 0 atom stereocenters. The van der Waals surface area contributed by atoms with Gasteiger partial charge in [-0.25, -0.2) is 0 Å². The molecule has 0 bridgehead atoms. The summed E-state index contributed by atoms with van der Waals surface area (Å²) in [6.07, 6.45) is 1.18. The highest BCUT2D eigenvalue weighted by atomic mass is 16.5. The van der Waals surface area contributed by atoms with Crippen LogP contribution in [0.15, 0.2) is 18.2 Å². The van der Waals surface area contributed by atoms with Crippen LogP contribution in [0.25, 0.3) is 0 Å². The molecule has 4 nitrogen and oxygen atoms in total. The summed E-state index contributed by atoms with van der Waals surface area (Å²) in [5.41, 5.74) is 1.20. The maximum Gasteiger partial charge on any atom is 0.122 e. The average molecular weight is 266 g/mol. The van der Waals surface area contributed by atoms with Crippen molar-refractivity contribution in [1.29, 1.82) is 0 Å². The van der Waals surface area contributed by atoms with E-state index in [0.717, 1.165) is 37.7 Å². The van der Waals surface area contributed by atoms with Crippen molar-refractivity contribution in [3.05, 3.63) is 23.8 Å². The predicted octanol–water partition coefficient (Wildman–Crippen LogP) is 2.14. The van der Waals surface area contributed by atoms with E-state index in [9.17, 15) is 0 Å². The first-order valence-corrected chi connectivity index (χ1v) is 6.80. The fraction of sp³-hybridized carbons (Fsp3) is 0.600. The summed E-state index contributed by atoms with van der Waals surface area (Å²) in [6.45, 7) is 6.20. The van der Waals surface area contributed by atoms with Crippen molar-refractivity contribution in [2.45, 2.75) is 19.9 Å². The Morgan fingerprint density at radius 1 is 1.05 bits per heavy atom. The van der Waals surface area contributed by atoms with Crippen molar-refractivity contribution >= 4 is 0 Å². The Balaban J connectivity index is 2.50. The highest BCUT2D eigenvalue weighted by Gasteiger charge is 2.05. The fourth-order valence-corrected chi connectivity index (χ4v) is 1.92. The van der Waals surface area contributed by atoms with Gasteiger partial charge in [-0.15, -0.1) is 0 Å². The van der Waals surface area contributed by atoms with Crippen molar-refractivity contribution in [1.82, 2.24) is 10.2 Å². The number of nitrogens with zero attached hydrogens (tertiary/aromatic N) is 1. The van der Waals surface area contributed by atoms with Gasteiger partial charge in [-0.05, 0) is 37.7 Å². The average Bonchev–Trinajstić information content (AvgIpc) is 2.43. The minimum Gasteiger partial charge on any atom is -0.497 e.